The number of rotatable bonds is 8. The molecule has 2 N–H and O–H groups in total. The highest BCUT2D eigenvalue weighted by atomic mass is 32.1. The number of carboxylic acids is 1. The molecule has 0 saturated carbocycles. The maximum absolute atomic E-state index is 12.2. The molecule has 1 amide bonds. The highest BCUT2D eigenvalue weighted by Gasteiger charge is 2.30. The molecule has 0 radical (unpaired) electrons. The lowest BCUT2D eigenvalue weighted by Gasteiger charge is -2.25. The van der Waals surface area contributed by atoms with Gasteiger partial charge in [0.25, 0.3) is 0 Å². The Morgan fingerprint density at radius 2 is 2.00 bits per heavy atom. The third-order valence-electron chi connectivity index (χ3n) is 4.86. The first-order valence-corrected chi connectivity index (χ1v) is 9.74. The standard InChI is InChI=1S/C20H23NO4S/c22-17-13-16(26-19(17)20(24)25)8-4-7-15-9-10-18(23)21(15)12-11-14-5-2-1-3-6-14/h1-3,5-6,13,15,22H,4,7-12H2,(H,24,25)/t15-/m0/s1. The summed E-state index contributed by atoms with van der Waals surface area (Å²) in [5.74, 6) is -1.02. The number of aromatic hydroxyl groups is 1. The fourth-order valence-corrected chi connectivity index (χ4v) is 4.44. The Labute approximate surface area is 156 Å². The molecule has 1 aliphatic rings. The van der Waals surface area contributed by atoms with Gasteiger partial charge in [-0.2, -0.15) is 0 Å². The fourth-order valence-electron chi connectivity index (χ4n) is 3.51. The highest BCUT2D eigenvalue weighted by molar-refractivity contribution is 7.14. The van der Waals surface area contributed by atoms with Crippen molar-refractivity contribution in [2.24, 2.45) is 0 Å². The van der Waals surface area contributed by atoms with Crippen LogP contribution in [0, 0.1) is 0 Å². The molecular weight excluding hydrogens is 350 g/mol. The summed E-state index contributed by atoms with van der Waals surface area (Å²) in [6.07, 6.45) is 4.87. The van der Waals surface area contributed by atoms with E-state index in [9.17, 15) is 14.7 Å². The molecule has 1 aromatic carbocycles. The molecule has 1 fully saturated rings. The summed E-state index contributed by atoms with van der Waals surface area (Å²) >= 11 is 1.13. The van der Waals surface area contributed by atoms with E-state index >= 15 is 0 Å². The van der Waals surface area contributed by atoms with Crippen molar-refractivity contribution in [2.75, 3.05) is 6.54 Å². The van der Waals surface area contributed by atoms with Crippen LogP contribution in [0.2, 0.25) is 0 Å². The molecule has 1 aliphatic heterocycles. The Bertz CT molecular complexity index is 771. The smallest absolute Gasteiger partial charge is 0.349 e. The monoisotopic (exact) mass is 373 g/mol. The van der Waals surface area contributed by atoms with Crippen LogP contribution in [-0.4, -0.2) is 39.6 Å². The number of carbonyl (C=O) groups excluding carboxylic acids is 1. The molecule has 26 heavy (non-hydrogen) atoms. The second kappa shape index (κ2) is 8.36. The predicted molar refractivity (Wildman–Crippen MR) is 101 cm³/mol. The van der Waals surface area contributed by atoms with E-state index in [1.54, 1.807) is 6.07 Å². The Kier molecular flexibility index (Phi) is 5.93. The summed E-state index contributed by atoms with van der Waals surface area (Å²) in [6, 6.07) is 12.0. The Morgan fingerprint density at radius 3 is 2.69 bits per heavy atom. The van der Waals surface area contributed by atoms with Crippen molar-refractivity contribution in [3.05, 3.63) is 51.7 Å². The number of hydrogen-bond acceptors (Lipinski definition) is 4. The van der Waals surface area contributed by atoms with Crippen LogP contribution < -0.4 is 0 Å². The van der Waals surface area contributed by atoms with Crippen LogP contribution in [0.15, 0.2) is 36.4 Å². The largest absolute Gasteiger partial charge is 0.506 e. The van der Waals surface area contributed by atoms with Crippen LogP contribution >= 0.6 is 11.3 Å². The zero-order valence-corrected chi connectivity index (χ0v) is 15.4. The second-order valence-electron chi connectivity index (χ2n) is 6.64. The third-order valence-corrected chi connectivity index (χ3v) is 6.03. The van der Waals surface area contributed by atoms with Crippen molar-refractivity contribution in [1.29, 1.82) is 0 Å². The number of aromatic carboxylic acids is 1. The zero-order chi connectivity index (χ0) is 18.5. The summed E-state index contributed by atoms with van der Waals surface area (Å²) in [5.41, 5.74) is 1.24. The average molecular weight is 373 g/mol. The van der Waals surface area contributed by atoms with E-state index in [1.807, 2.05) is 23.1 Å². The molecule has 1 aromatic heterocycles. The molecule has 0 spiro atoms. The lowest BCUT2D eigenvalue weighted by Crippen LogP contribution is -2.34. The maximum Gasteiger partial charge on any atom is 0.349 e. The highest BCUT2D eigenvalue weighted by Crippen LogP contribution is 2.30. The van der Waals surface area contributed by atoms with Gasteiger partial charge in [0.1, 0.15) is 5.75 Å². The minimum absolute atomic E-state index is 0.000492. The molecular formula is C20H23NO4S. The Hall–Kier alpha value is -2.34. The number of carbonyl (C=O) groups is 2. The van der Waals surface area contributed by atoms with E-state index in [4.69, 9.17) is 5.11 Å². The molecule has 2 aromatic rings. The normalized spacial score (nSPS) is 17.0. The number of amides is 1. The molecule has 1 atom stereocenters. The molecule has 0 unspecified atom stereocenters. The van der Waals surface area contributed by atoms with E-state index in [0.29, 0.717) is 6.42 Å². The molecule has 0 aliphatic carbocycles. The van der Waals surface area contributed by atoms with Crippen molar-refractivity contribution >= 4 is 23.2 Å². The number of hydrogen-bond donors (Lipinski definition) is 2. The minimum atomic E-state index is -1.09. The van der Waals surface area contributed by atoms with Crippen molar-refractivity contribution in [3.63, 3.8) is 0 Å². The van der Waals surface area contributed by atoms with Gasteiger partial charge in [0, 0.05) is 23.9 Å². The predicted octanol–water partition coefficient (Wildman–Crippen LogP) is 3.71. The van der Waals surface area contributed by atoms with Gasteiger partial charge < -0.3 is 15.1 Å². The number of likely N-dealkylation sites (tertiary alicyclic amines) is 1. The first-order valence-electron chi connectivity index (χ1n) is 8.93. The van der Waals surface area contributed by atoms with Crippen molar-refractivity contribution in [1.82, 2.24) is 4.90 Å². The maximum atomic E-state index is 12.2. The van der Waals surface area contributed by atoms with Crippen molar-refractivity contribution in [2.45, 2.75) is 44.6 Å². The molecule has 5 nitrogen and oxygen atoms in total. The minimum Gasteiger partial charge on any atom is -0.506 e. The first kappa shape index (κ1) is 18.5. The van der Waals surface area contributed by atoms with Gasteiger partial charge in [-0.05, 0) is 43.7 Å². The topological polar surface area (TPSA) is 77.8 Å². The van der Waals surface area contributed by atoms with E-state index in [-0.39, 0.29) is 22.6 Å². The quantitative estimate of drug-likeness (QED) is 0.739. The number of aryl methyl sites for hydroxylation is 1. The van der Waals surface area contributed by atoms with Gasteiger partial charge in [-0.1, -0.05) is 30.3 Å². The van der Waals surface area contributed by atoms with Gasteiger partial charge in [0.15, 0.2) is 4.88 Å². The average Bonchev–Trinajstić information content (AvgIpc) is 3.17. The van der Waals surface area contributed by atoms with Gasteiger partial charge >= 0.3 is 5.97 Å². The molecule has 2 heterocycles. The second-order valence-corrected chi connectivity index (χ2v) is 7.78. The Balaban J connectivity index is 1.51. The summed E-state index contributed by atoms with van der Waals surface area (Å²) in [6.45, 7) is 0.746. The summed E-state index contributed by atoms with van der Waals surface area (Å²) in [7, 11) is 0. The van der Waals surface area contributed by atoms with Crippen molar-refractivity contribution < 1.29 is 19.8 Å². The van der Waals surface area contributed by atoms with E-state index in [1.165, 1.54) is 5.56 Å². The number of carboxylic acid groups (broad SMARTS) is 1. The van der Waals surface area contributed by atoms with Gasteiger partial charge in [-0.15, -0.1) is 11.3 Å². The summed E-state index contributed by atoms with van der Waals surface area (Å²) in [5, 5.41) is 18.6. The number of thiophene rings is 1. The molecule has 6 heteroatoms. The SMILES string of the molecule is O=C(O)c1sc(CCC[C@H]2CCC(=O)N2CCc2ccccc2)cc1O. The van der Waals surface area contributed by atoms with E-state index < -0.39 is 5.97 Å². The van der Waals surface area contributed by atoms with Crippen molar-refractivity contribution in [3.8, 4) is 5.75 Å². The molecule has 3 rings (SSSR count). The number of benzene rings is 1. The van der Waals surface area contributed by atoms with Crippen LogP contribution in [-0.2, 0) is 17.6 Å². The molecule has 1 saturated heterocycles. The summed E-state index contributed by atoms with van der Waals surface area (Å²) in [4.78, 5) is 26.1. The van der Waals surface area contributed by atoms with E-state index in [0.717, 1.165) is 54.9 Å². The van der Waals surface area contributed by atoms with Gasteiger partial charge in [0.05, 0.1) is 0 Å². The lowest BCUT2D eigenvalue weighted by molar-refractivity contribution is -0.129. The van der Waals surface area contributed by atoms with Crippen LogP contribution in [0.5, 0.6) is 5.75 Å². The van der Waals surface area contributed by atoms with Crippen LogP contribution in [0.3, 0.4) is 0 Å². The first-order chi connectivity index (χ1) is 12.5. The van der Waals surface area contributed by atoms with Crippen LogP contribution in [0.4, 0.5) is 0 Å². The zero-order valence-electron chi connectivity index (χ0n) is 14.6. The fraction of sp³-hybridized carbons (Fsp3) is 0.400. The van der Waals surface area contributed by atoms with Crippen LogP contribution in [0.1, 0.15) is 45.8 Å². The van der Waals surface area contributed by atoms with Gasteiger partial charge in [-0.25, -0.2) is 4.79 Å². The summed E-state index contributed by atoms with van der Waals surface area (Å²) < 4.78 is 0. The Morgan fingerprint density at radius 1 is 1.23 bits per heavy atom. The molecule has 0 bridgehead atoms. The lowest BCUT2D eigenvalue weighted by atomic mass is 10.1. The van der Waals surface area contributed by atoms with Gasteiger partial charge in [0.2, 0.25) is 5.91 Å². The van der Waals surface area contributed by atoms with Gasteiger partial charge in [-0.3, -0.25) is 4.79 Å². The van der Waals surface area contributed by atoms with E-state index in [2.05, 4.69) is 12.1 Å². The van der Waals surface area contributed by atoms with Crippen LogP contribution in [0.25, 0.3) is 0 Å². The molecule has 138 valence electrons. The number of nitrogens with zero attached hydrogens (tertiary/aromatic N) is 1. The third kappa shape index (κ3) is 4.43.